The number of amides is 1. The fourth-order valence-electron chi connectivity index (χ4n) is 2.98. The van der Waals surface area contributed by atoms with Crippen molar-refractivity contribution in [2.24, 2.45) is 0 Å². The molecule has 0 radical (unpaired) electrons. The van der Waals surface area contributed by atoms with Crippen molar-refractivity contribution in [2.45, 2.75) is 26.4 Å². The zero-order valence-electron chi connectivity index (χ0n) is 15.1. The minimum Gasteiger partial charge on any atom is -0.337 e. The number of hydrogen-bond donors (Lipinski definition) is 0. The Morgan fingerprint density at radius 1 is 1.19 bits per heavy atom. The van der Waals surface area contributed by atoms with Gasteiger partial charge in [-0.15, -0.1) is 0 Å². The van der Waals surface area contributed by atoms with Gasteiger partial charge in [-0.1, -0.05) is 31.2 Å². The highest BCUT2D eigenvalue weighted by molar-refractivity contribution is 5.81. The molecule has 0 atom stereocenters. The molecule has 0 aliphatic heterocycles. The first-order valence-electron chi connectivity index (χ1n) is 8.84. The number of para-hydroxylation sites is 1. The van der Waals surface area contributed by atoms with E-state index in [0.29, 0.717) is 29.6 Å². The smallest absolute Gasteiger partial charge is 0.244 e. The van der Waals surface area contributed by atoms with Crippen molar-refractivity contribution in [1.29, 1.82) is 5.26 Å². The van der Waals surface area contributed by atoms with Gasteiger partial charge in [0.2, 0.25) is 11.3 Å². The van der Waals surface area contributed by atoms with Crippen LogP contribution in [0.25, 0.3) is 10.9 Å². The van der Waals surface area contributed by atoms with Gasteiger partial charge >= 0.3 is 0 Å². The average molecular weight is 360 g/mol. The van der Waals surface area contributed by atoms with Gasteiger partial charge in [0.25, 0.3) is 0 Å². The number of carbonyl (C=O) groups excluding carboxylic acids is 1. The maximum atomic E-state index is 12.9. The second-order valence-corrected chi connectivity index (χ2v) is 6.31. The van der Waals surface area contributed by atoms with Crippen LogP contribution in [0.5, 0.6) is 0 Å². The number of rotatable bonds is 6. The number of fused-ring (bicyclic) bond motifs is 1. The van der Waals surface area contributed by atoms with E-state index in [9.17, 15) is 9.59 Å². The molecule has 3 aromatic rings. The summed E-state index contributed by atoms with van der Waals surface area (Å²) < 4.78 is 1.57. The third kappa shape index (κ3) is 4.21. The Bertz CT molecular complexity index is 1050. The van der Waals surface area contributed by atoms with Crippen LogP contribution in [0.4, 0.5) is 0 Å². The van der Waals surface area contributed by atoms with Gasteiger partial charge in [0.15, 0.2) is 0 Å². The van der Waals surface area contributed by atoms with Crippen LogP contribution in [0, 0.1) is 11.3 Å². The lowest BCUT2D eigenvalue weighted by molar-refractivity contribution is -0.132. The minimum atomic E-state index is -0.155. The summed E-state index contributed by atoms with van der Waals surface area (Å²) in [5.74, 6) is -0.0671. The molecule has 0 N–H and O–H groups in total. The highest BCUT2D eigenvalue weighted by Crippen LogP contribution is 2.11. The van der Waals surface area contributed by atoms with Gasteiger partial charge in [-0.3, -0.25) is 14.3 Å². The van der Waals surface area contributed by atoms with Crippen LogP contribution in [0.2, 0.25) is 0 Å². The molecule has 0 unspecified atom stereocenters. The lowest BCUT2D eigenvalue weighted by Crippen LogP contribution is -2.34. The molecule has 3 rings (SSSR count). The van der Waals surface area contributed by atoms with Crippen molar-refractivity contribution in [3.63, 3.8) is 0 Å². The quantitative estimate of drug-likeness (QED) is 0.677. The molecular formula is C21H20N4O2. The number of aromatic nitrogens is 2. The standard InChI is InChI=1S/C21H20N4O2/c1-2-11-24(14-17-9-7-16(12-22)8-10-17)21(27)15-25-19-6-4-3-5-18(19)20(26)13-23-25/h3-10,13H,2,11,14-15H2,1H3. The van der Waals surface area contributed by atoms with Crippen LogP contribution in [-0.2, 0) is 17.9 Å². The van der Waals surface area contributed by atoms with Crippen LogP contribution in [-0.4, -0.2) is 27.1 Å². The van der Waals surface area contributed by atoms with E-state index >= 15 is 0 Å². The van der Waals surface area contributed by atoms with Gasteiger partial charge in [-0.25, -0.2) is 0 Å². The summed E-state index contributed by atoms with van der Waals surface area (Å²) in [6, 6.07) is 16.5. The largest absolute Gasteiger partial charge is 0.337 e. The van der Waals surface area contributed by atoms with Crippen molar-refractivity contribution in [1.82, 2.24) is 14.7 Å². The average Bonchev–Trinajstić information content (AvgIpc) is 2.70. The van der Waals surface area contributed by atoms with Gasteiger partial charge in [0.1, 0.15) is 6.54 Å². The number of hydrogen-bond acceptors (Lipinski definition) is 4. The first kappa shape index (κ1) is 18.3. The molecule has 0 saturated carbocycles. The number of nitriles is 1. The maximum Gasteiger partial charge on any atom is 0.244 e. The maximum absolute atomic E-state index is 12.9. The van der Waals surface area contributed by atoms with E-state index in [1.54, 1.807) is 39.9 Å². The molecule has 2 aromatic carbocycles. The molecule has 1 heterocycles. The molecule has 136 valence electrons. The summed E-state index contributed by atoms with van der Waals surface area (Å²) in [6.07, 6.45) is 2.08. The van der Waals surface area contributed by atoms with E-state index in [-0.39, 0.29) is 17.9 Å². The lowest BCUT2D eigenvalue weighted by Gasteiger charge is -2.23. The number of benzene rings is 2. The fraction of sp³-hybridized carbons (Fsp3) is 0.238. The summed E-state index contributed by atoms with van der Waals surface area (Å²) in [4.78, 5) is 26.6. The Morgan fingerprint density at radius 2 is 1.93 bits per heavy atom. The molecule has 0 fully saturated rings. The van der Waals surface area contributed by atoms with Crippen LogP contribution < -0.4 is 5.43 Å². The summed E-state index contributed by atoms with van der Waals surface area (Å²) in [6.45, 7) is 3.18. The van der Waals surface area contributed by atoms with E-state index < -0.39 is 0 Å². The molecule has 1 aromatic heterocycles. The van der Waals surface area contributed by atoms with Gasteiger partial charge in [-0.2, -0.15) is 10.4 Å². The number of nitrogens with zero attached hydrogens (tertiary/aromatic N) is 4. The molecule has 0 saturated heterocycles. The van der Waals surface area contributed by atoms with Crippen LogP contribution in [0.15, 0.2) is 59.5 Å². The Balaban J connectivity index is 1.82. The minimum absolute atomic E-state index is 0.0665. The normalized spacial score (nSPS) is 10.5. The molecule has 0 bridgehead atoms. The van der Waals surface area contributed by atoms with Crippen molar-refractivity contribution in [2.75, 3.05) is 6.54 Å². The first-order valence-corrected chi connectivity index (χ1v) is 8.84. The molecule has 0 aliphatic carbocycles. The monoisotopic (exact) mass is 360 g/mol. The predicted molar refractivity (Wildman–Crippen MR) is 103 cm³/mol. The van der Waals surface area contributed by atoms with Gasteiger partial charge in [-0.05, 0) is 36.2 Å². The van der Waals surface area contributed by atoms with Gasteiger partial charge < -0.3 is 4.90 Å². The topological polar surface area (TPSA) is 79.0 Å². The second kappa shape index (κ2) is 8.28. The van der Waals surface area contributed by atoms with E-state index in [4.69, 9.17) is 5.26 Å². The molecule has 27 heavy (non-hydrogen) atoms. The first-order chi connectivity index (χ1) is 13.1. The fourth-order valence-corrected chi connectivity index (χ4v) is 2.98. The Morgan fingerprint density at radius 3 is 2.63 bits per heavy atom. The second-order valence-electron chi connectivity index (χ2n) is 6.31. The van der Waals surface area contributed by atoms with Crippen LogP contribution >= 0.6 is 0 Å². The highest BCUT2D eigenvalue weighted by Gasteiger charge is 2.15. The Labute approximate surface area is 157 Å². The van der Waals surface area contributed by atoms with Crippen molar-refractivity contribution >= 4 is 16.8 Å². The van der Waals surface area contributed by atoms with E-state index in [2.05, 4.69) is 11.2 Å². The molecule has 1 amide bonds. The Hall–Kier alpha value is -3.46. The summed E-state index contributed by atoms with van der Waals surface area (Å²) in [5.41, 5.74) is 2.05. The zero-order valence-corrected chi connectivity index (χ0v) is 15.1. The van der Waals surface area contributed by atoms with Gasteiger partial charge in [0.05, 0.1) is 23.3 Å². The van der Waals surface area contributed by atoms with Crippen molar-refractivity contribution in [3.05, 3.63) is 76.1 Å². The van der Waals surface area contributed by atoms with Gasteiger partial charge in [0, 0.05) is 18.5 Å². The third-order valence-corrected chi connectivity index (χ3v) is 4.35. The zero-order chi connectivity index (χ0) is 19.2. The SMILES string of the molecule is CCCN(Cc1ccc(C#N)cc1)C(=O)Cn1ncc(=O)c2ccccc21. The van der Waals surface area contributed by atoms with Crippen molar-refractivity contribution in [3.8, 4) is 6.07 Å². The molecule has 0 aliphatic rings. The number of carbonyl (C=O) groups is 1. The molecule has 0 spiro atoms. The lowest BCUT2D eigenvalue weighted by atomic mass is 10.1. The summed E-state index contributed by atoms with van der Waals surface area (Å²) >= 11 is 0. The Kier molecular flexibility index (Phi) is 5.62. The molecule has 6 heteroatoms. The molecular weight excluding hydrogens is 340 g/mol. The predicted octanol–water partition coefficient (Wildman–Crippen LogP) is 2.71. The van der Waals surface area contributed by atoms with Crippen LogP contribution in [0.3, 0.4) is 0 Å². The van der Waals surface area contributed by atoms with E-state index in [1.807, 2.05) is 25.1 Å². The van der Waals surface area contributed by atoms with E-state index in [0.717, 1.165) is 12.0 Å². The van der Waals surface area contributed by atoms with Crippen molar-refractivity contribution < 1.29 is 4.79 Å². The highest BCUT2D eigenvalue weighted by atomic mass is 16.2. The summed E-state index contributed by atoms with van der Waals surface area (Å²) in [7, 11) is 0. The molecule has 6 nitrogen and oxygen atoms in total. The van der Waals surface area contributed by atoms with E-state index in [1.165, 1.54) is 6.20 Å². The summed E-state index contributed by atoms with van der Waals surface area (Å²) in [5, 5.41) is 13.6. The third-order valence-electron chi connectivity index (χ3n) is 4.35. The van der Waals surface area contributed by atoms with Crippen LogP contribution in [0.1, 0.15) is 24.5 Å².